The number of allylic oxidation sites excluding steroid dienone is 1. The molecule has 2 N–H and O–H groups in total. The molecule has 0 fully saturated rings. The van der Waals surface area contributed by atoms with E-state index in [0.29, 0.717) is 12.0 Å². The number of rotatable bonds is 10. The smallest absolute Gasteiger partial charge is 0.345 e. The van der Waals surface area contributed by atoms with Crippen molar-refractivity contribution in [1.29, 1.82) is 0 Å². The minimum Gasteiger partial charge on any atom is -0.463 e. The molecule has 0 aromatic carbocycles. The fourth-order valence-corrected chi connectivity index (χ4v) is 10.9. The van der Waals surface area contributed by atoms with E-state index in [1.165, 1.54) is 6.20 Å². The first kappa shape index (κ1) is 27.1. The van der Waals surface area contributed by atoms with Crippen LogP contribution in [0.2, 0.25) is 32.2 Å². The summed E-state index contributed by atoms with van der Waals surface area (Å²) in [6.07, 6.45) is 2.62. The highest BCUT2D eigenvalue weighted by molar-refractivity contribution is 7.71. The van der Waals surface area contributed by atoms with E-state index in [1.807, 2.05) is 13.1 Å². The number of ether oxygens (including phenoxy) is 1. The van der Waals surface area contributed by atoms with Crippen LogP contribution >= 0.6 is 12.2 Å². The van der Waals surface area contributed by atoms with Crippen LogP contribution in [0, 0.1) is 4.77 Å². The fourth-order valence-electron chi connectivity index (χ4n) is 2.60. The van der Waals surface area contributed by atoms with Gasteiger partial charge in [0, 0.05) is 12.6 Å². The molecule has 29 heavy (non-hydrogen) atoms. The van der Waals surface area contributed by atoms with Crippen molar-refractivity contribution in [3.05, 3.63) is 52.2 Å². The third-order valence-electron chi connectivity index (χ3n) is 3.80. The molecule has 0 saturated heterocycles. The molecule has 1 aromatic heterocycles. The molecule has 10 heteroatoms. The van der Waals surface area contributed by atoms with Gasteiger partial charge >= 0.3 is 5.97 Å². The minimum atomic E-state index is -2.29. The van der Waals surface area contributed by atoms with Crippen LogP contribution in [0.25, 0.3) is 0 Å². The summed E-state index contributed by atoms with van der Waals surface area (Å²) in [5.41, 5.74) is -0.127. The molecule has 7 nitrogen and oxygen atoms in total. The van der Waals surface area contributed by atoms with Gasteiger partial charge in [0.25, 0.3) is 5.56 Å². The van der Waals surface area contributed by atoms with Gasteiger partial charge in [-0.05, 0) is 63.4 Å². The summed E-state index contributed by atoms with van der Waals surface area (Å²) in [5, 5.41) is 0. The number of hydrogen-bond acceptors (Lipinski definition) is 6. The second-order valence-corrected chi connectivity index (χ2v) is 16.8. The predicted molar refractivity (Wildman–Crippen MR) is 124 cm³/mol. The molecule has 0 atom stereocenters. The van der Waals surface area contributed by atoms with Gasteiger partial charge in [0.1, 0.15) is 11.8 Å². The van der Waals surface area contributed by atoms with Gasteiger partial charge < -0.3 is 13.8 Å². The predicted octanol–water partition coefficient (Wildman–Crippen LogP) is 4.28. The quantitative estimate of drug-likeness (QED) is 0.179. The van der Waals surface area contributed by atoms with Crippen molar-refractivity contribution in [3.63, 3.8) is 0 Å². The zero-order valence-electron chi connectivity index (χ0n) is 18.0. The van der Waals surface area contributed by atoms with E-state index >= 15 is 0 Å². The van der Waals surface area contributed by atoms with E-state index in [-0.39, 0.29) is 22.3 Å². The number of aromatic amines is 2. The van der Waals surface area contributed by atoms with E-state index in [9.17, 15) is 14.4 Å². The number of ketones is 1. The maximum absolute atomic E-state index is 12.1. The van der Waals surface area contributed by atoms with Crippen LogP contribution in [0.5, 0.6) is 0 Å². The number of Topliss-reactive ketones (excluding diaryl/α,β-unsaturated/α-hetero) is 1. The van der Waals surface area contributed by atoms with Crippen molar-refractivity contribution in [3.8, 4) is 0 Å². The molecule has 162 valence electrons. The van der Waals surface area contributed by atoms with Crippen LogP contribution in [0.15, 0.2) is 36.3 Å². The molecule has 0 saturated carbocycles. The Labute approximate surface area is 179 Å². The Bertz CT molecular complexity index is 845. The highest BCUT2D eigenvalue weighted by Crippen LogP contribution is 2.21. The standard InChI is InChI=1S/C17H28N2O5SSi2.C2H4/c1-12(2)14(20)8-7-9-26(3,4)24-27(5,6)11-23-16(22)13-10-18-17(25)19-15(13)21;1-2/h10H,1,7-9,11H2,2-6H3,(H2,18,19,21,25);1-2H2. The van der Waals surface area contributed by atoms with E-state index in [2.05, 4.69) is 42.8 Å². The Morgan fingerprint density at radius 1 is 1.17 bits per heavy atom. The SMILES string of the molecule is C=C.C=C(C)C(=O)CCC[Si](C)(C)O[Si](C)(C)COC(=O)c1c[nH]c(=S)[nH]c1=O. The third kappa shape index (κ3) is 10.5. The summed E-state index contributed by atoms with van der Waals surface area (Å²) < 4.78 is 11.8. The first-order valence-corrected chi connectivity index (χ1v) is 15.8. The first-order chi connectivity index (χ1) is 13.3. The van der Waals surface area contributed by atoms with Gasteiger partial charge in [-0.2, -0.15) is 0 Å². The topological polar surface area (TPSA) is 101 Å². The van der Waals surface area contributed by atoms with Gasteiger partial charge in [-0.3, -0.25) is 14.6 Å². The lowest BCUT2D eigenvalue weighted by Crippen LogP contribution is -2.48. The van der Waals surface area contributed by atoms with Crippen molar-refractivity contribution in [2.24, 2.45) is 0 Å². The van der Waals surface area contributed by atoms with Gasteiger partial charge in [-0.25, -0.2) is 4.79 Å². The Balaban J connectivity index is 0.00000379. The number of carbonyl (C=O) groups is 2. The Morgan fingerprint density at radius 3 is 2.28 bits per heavy atom. The lowest BCUT2D eigenvalue weighted by Gasteiger charge is -2.33. The molecule has 1 aromatic rings. The number of aromatic nitrogens is 2. The molecule has 0 amide bonds. The van der Waals surface area contributed by atoms with Gasteiger partial charge in [-0.15, -0.1) is 13.2 Å². The van der Waals surface area contributed by atoms with Crippen molar-refractivity contribution >= 4 is 40.6 Å². The summed E-state index contributed by atoms with van der Waals surface area (Å²) in [5.74, 6) is -0.629. The van der Waals surface area contributed by atoms with Gasteiger partial charge in [0.05, 0.1) is 0 Å². The van der Waals surface area contributed by atoms with Crippen LogP contribution in [0.1, 0.15) is 30.1 Å². The number of esters is 1. The summed E-state index contributed by atoms with van der Waals surface area (Å²) in [6.45, 7) is 19.5. The minimum absolute atomic E-state index is 0.0809. The zero-order chi connectivity index (χ0) is 22.8. The Hall–Kier alpha value is -1.89. The average Bonchev–Trinajstić information content (AvgIpc) is 2.60. The van der Waals surface area contributed by atoms with E-state index in [1.54, 1.807) is 6.92 Å². The molecule has 0 bridgehead atoms. The molecule has 0 radical (unpaired) electrons. The molecule has 0 aliphatic heterocycles. The summed E-state index contributed by atoms with van der Waals surface area (Å²) in [7, 11) is -4.30. The van der Waals surface area contributed by atoms with Gasteiger partial charge in [-0.1, -0.05) is 6.58 Å². The number of carbonyl (C=O) groups excluding carboxylic acids is 2. The number of H-pyrrole nitrogens is 2. The van der Waals surface area contributed by atoms with E-state index < -0.39 is 28.2 Å². The molecule has 0 aliphatic carbocycles. The van der Waals surface area contributed by atoms with Crippen molar-refractivity contribution in [2.75, 3.05) is 6.23 Å². The third-order valence-corrected chi connectivity index (χ3v) is 10.8. The molecule has 1 heterocycles. The molecule has 0 aliphatic rings. The summed E-state index contributed by atoms with van der Waals surface area (Å²) in [6, 6.07) is 0.839. The van der Waals surface area contributed by atoms with Gasteiger partial charge in [0.15, 0.2) is 18.9 Å². The van der Waals surface area contributed by atoms with Crippen molar-refractivity contribution in [2.45, 2.75) is 52.0 Å². The van der Waals surface area contributed by atoms with Crippen molar-refractivity contribution < 1.29 is 18.4 Å². The largest absolute Gasteiger partial charge is 0.463 e. The maximum atomic E-state index is 12.1. The molecular formula is C19H32N2O5SSi2. The van der Waals surface area contributed by atoms with E-state index in [4.69, 9.17) is 21.1 Å². The van der Waals surface area contributed by atoms with Crippen LogP contribution in [0.4, 0.5) is 0 Å². The van der Waals surface area contributed by atoms with Crippen LogP contribution in [0.3, 0.4) is 0 Å². The fraction of sp³-hybridized carbons (Fsp3) is 0.474. The Kier molecular flexibility index (Phi) is 11.2. The highest BCUT2D eigenvalue weighted by atomic mass is 32.1. The first-order valence-electron chi connectivity index (χ1n) is 9.21. The van der Waals surface area contributed by atoms with E-state index in [0.717, 1.165) is 12.5 Å². The highest BCUT2D eigenvalue weighted by Gasteiger charge is 2.34. The summed E-state index contributed by atoms with van der Waals surface area (Å²) in [4.78, 5) is 40.5. The van der Waals surface area contributed by atoms with Crippen LogP contribution in [-0.4, -0.2) is 44.6 Å². The van der Waals surface area contributed by atoms with Crippen LogP contribution in [-0.2, 0) is 13.6 Å². The number of nitrogens with one attached hydrogen (secondary N) is 2. The molecule has 1 rings (SSSR count). The van der Waals surface area contributed by atoms with Crippen molar-refractivity contribution in [1.82, 2.24) is 9.97 Å². The second kappa shape index (κ2) is 12.0. The monoisotopic (exact) mass is 456 g/mol. The molecule has 0 unspecified atom stereocenters. The lowest BCUT2D eigenvalue weighted by molar-refractivity contribution is -0.115. The average molecular weight is 457 g/mol. The number of hydrogen-bond donors (Lipinski definition) is 2. The summed E-state index contributed by atoms with van der Waals surface area (Å²) >= 11 is 4.80. The zero-order valence-corrected chi connectivity index (χ0v) is 20.8. The lowest BCUT2D eigenvalue weighted by atomic mass is 10.1. The van der Waals surface area contributed by atoms with Crippen LogP contribution < -0.4 is 5.56 Å². The second-order valence-electron chi connectivity index (χ2n) is 7.74. The maximum Gasteiger partial charge on any atom is 0.345 e. The van der Waals surface area contributed by atoms with Gasteiger partial charge in [0.2, 0.25) is 8.32 Å². The molecular weight excluding hydrogens is 424 g/mol. The molecule has 0 spiro atoms. The normalized spacial score (nSPS) is 11.2. The Morgan fingerprint density at radius 2 is 1.76 bits per heavy atom.